The molecule has 22 heavy (non-hydrogen) atoms. The minimum atomic E-state index is -1.03. The monoisotopic (exact) mass is 298 g/mol. The van der Waals surface area contributed by atoms with Crippen LogP contribution in [0.4, 0.5) is 0 Å². The number of benzene rings is 1. The van der Waals surface area contributed by atoms with Crippen LogP contribution in [0.2, 0.25) is 0 Å². The highest BCUT2D eigenvalue weighted by Crippen LogP contribution is 2.51. The van der Waals surface area contributed by atoms with Crippen LogP contribution >= 0.6 is 0 Å². The summed E-state index contributed by atoms with van der Waals surface area (Å²) >= 11 is 0. The molecular formula is C18H18O4. The van der Waals surface area contributed by atoms with Gasteiger partial charge in [0.1, 0.15) is 17.3 Å². The summed E-state index contributed by atoms with van der Waals surface area (Å²) in [6.07, 6.45) is 6.62. The van der Waals surface area contributed by atoms with Crippen molar-refractivity contribution in [1.29, 1.82) is 0 Å². The SMILES string of the molecule is C=C1Oc2cc(/C=C/C(=O)O)cc(O)c2C2C=C(C)CC[C@@H]12. The Labute approximate surface area is 129 Å². The Kier molecular flexibility index (Phi) is 3.53. The van der Waals surface area contributed by atoms with Crippen molar-refractivity contribution >= 4 is 12.0 Å². The number of hydrogen-bond donors (Lipinski definition) is 2. The van der Waals surface area contributed by atoms with Crippen LogP contribution in [0.15, 0.2) is 42.2 Å². The van der Waals surface area contributed by atoms with Gasteiger partial charge in [-0.1, -0.05) is 18.2 Å². The second-order valence-corrected chi connectivity index (χ2v) is 5.88. The minimum Gasteiger partial charge on any atom is -0.507 e. The van der Waals surface area contributed by atoms with Gasteiger partial charge in [-0.15, -0.1) is 0 Å². The van der Waals surface area contributed by atoms with Gasteiger partial charge in [0.15, 0.2) is 0 Å². The molecule has 0 amide bonds. The summed E-state index contributed by atoms with van der Waals surface area (Å²) in [4.78, 5) is 10.6. The Hall–Kier alpha value is -2.49. The van der Waals surface area contributed by atoms with Crippen LogP contribution < -0.4 is 4.74 Å². The second-order valence-electron chi connectivity index (χ2n) is 5.88. The topological polar surface area (TPSA) is 66.8 Å². The molecule has 0 aromatic heterocycles. The van der Waals surface area contributed by atoms with Crippen molar-refractivity contribution in [1.82, 2.24) is 0 Å². The lowest BCUT2D eigenvalue weighted by molar-refractivity contribution is -0.131. The molecule has 1 aromatic carbocycles. The van der Waals surface area contributed by atoms with E-state index in [0.717, 1.165) is 24.5 Å². The molecule has 2 aliphatic rings. The number of carboxylic acid groups (broad SMARTS) is 1. The summed E-state index contributed by atoms with van der Waals surface area (Å²) in [6.45, 7) is 6.10. The van der Waals surface area contributed by atoms with Gasteiger partial charge < -0.3 is 14.9 Å². The van der Waals surface area contributed by atoms with Gasteiger partial charge in [0, 0.05) is 23.5 Å². The first-order valence-electron chi connectivity index (χ1n) is 7.27. The lowest BCUT2D eigenvalue weighted by Gasteiger charge is -2.36. The zero-order valence-electron chi connectivity index (χ0n) is 12.4. The van der Waals surface area contributed by atoms with E-state index in [4.69, 9.17) is 9.84 Å². The smallest absolute Gasteiger partial charge is 0.328 e. The van der Waals surface area contributed by atoms with Crippen molar-refractivity contribution in [3.63, 3.8) is 0 Å². The van der Waals surface area contributed by atoms with Crippen molar-refractivity contribution in [3.8, 4) is 11.5 Å². The fourth-order valence-corrected chi connectivity index (χ4v) is 3.25. The number of hydrogen-bond acceptors (Lipinski definition) is 3. The summed E-state index contributed by atoms with van der Waals surface area (Å²) in [5.74, 6) is 0.622. The van der Waals surface area contributed by atoms with Crippen molar-refractivity contribution < 1.29 is 19.7 Å². The fourth-order valence-electron chi connectivity index (χ4n) is 3.25. The number of carboxylic acids is 1. The van der Waals surface area contributed by atoms with Crippen molar-refractivity contribution in [3.05, 3.63) is 53.3 Å². The number of carbonyl (C=O) groups is 1. The first-order valence-corrected chi connectivity index (χ1v) is 7.27. The number of aromatic hydroxyl groups is 1. The highest BCUT2D eigenvalue weighted by molar-refractivity contribution is 5.85. The Bertz CT molecular complexity index is 712. The molecular weight excluding hydrogens is 280 g/mol. The first-order chi connectivity index (χ1) is 10.5. The van der Waals surface area contributed by atoms with Gasteiger partial charge in [-0.05, 0) is 43.5 Å². The lowest BCUT2D eigenvalue weighted by atomic mass is 9.74. The molecule has 4 nitrogen and oxygen atoms in total. The molecule has 0 fully saturated rings. The summed E-state index contributed by atoms with van der Waals surface area (Å²) in [5, 5.41) is 19.1. The quantitative estimate of drug-likeness (QED) is 0.643. The van der Waals surface area contributed by atoms with Crippen LogP contribution in [0, 0.1) is 5.92 Å². The van der Waals surface area contributed by atoms with Gasteiger partial charge in [-0.2, -0.15) is 0 Å². The van der Waals surface area contributed by atoms with Crippen LogP contribution in [-0.4, -0.2) is 16.2 Å². The molecule has 1 aromatic rings. The molecule has 0 bridgehead atoms. The third kappa shape index (κ3) is 2.52. The van der Waals surface area contributed by atoms with E-state index in [1.165, 1.54) is 11.6 Å². The highest BCUT2D eigenvalue weighted by atomic mass is 16.5. The minimum absolute atomic E-state index is 0.0718. The van der Waals surface area contributed by atoms with Gasteiger partial charge in [0.05, 0.1) is 0 Å². The number of phenols is 1. The molecule has 114 valence electrons. The average molecular weight is 298 g/mol. The number of fused-ring (bicyclic) bond motifs is 3. The van der Waals surface area contributed by atoms with Crippen molar-refractivity contribution in [2.24, 2.45) is 5.92 Å². The van der Waals surface area contributed by atoms with E-state index in [1.54, 1.807) is 12.1 Å². The Morgan fingerprint density at radius 2 is 2.23 bits per heavy atom. The summed E-state index contributed by atoms with van der Waals surface area (Å²) in [5.41, 5.74) is 2.65. The van der Waals surface area contributed by atoms with E-state index in [9.17, 15) is 9.90 Å². The zero-order valence-corrected chi connectivity index (χ0v) is 12.4. The zero-order chi connectivity index (χ0) is 15.9. The van der Waals surface area contributed by atoms with Crippen LogP contribution in [0.5, 0.6) is 11.5 Å². The van der Waals surface area contributed by atoms with Crippen LogP contribution in [0.25, 0.3) is 6.08 Å². The number of aliphatic carboxylic acids is 1. The molecule has 0 saturated carbocycles. The summed E-state index contributed by atoms with van der Waals surface area (Å²) in [6, 6.07) is 3.32. The predicted octanol–water partition coefficient (Wildman–Crippen LogP) is 3.84. The molecule has 0 spiro atoms. The number of rotatable bonds is 2. The maximum atomic E-state index is 10.6. The molecule has 1 aliphatic heterocycles. The van der Waals surface area contributed by atoms with Crippen LogP contribution in [0.3, 0.4) is 0 Å². The fraction of sp³-hybridized carbons (Fsp3) is 0.278. The van der Waals surface area contributed by atoms with Gasteiger partial charge in [0.2, 0.25) is 0 Å². The Morgan fingerprint density at radius 3 is 2.95 bits per heavy atom. The molecule has 2 N–H and O–H groups in total. The maximum Gasteiger partial charge on any atom is 0.328 e. The molecule has 1 unspecified atom stereocenters. The molecule has 0 saturated heterocycles. The largest absolute Gasteiger partial charge is 0.507 e. The van der Waals surface area contributed by atoms with Crippen LogP contribution in [0.1, 0.15) is 36.8 Å². The molecule has 2 atom stereocenters. The third-order valence-electron chi connectivity index (χ3n) is 4.30. The van der Waals surface area contributed by atoms with Crippen LogP contribution in [-0.2, 0) is 4.79 Å². The lowest BCUT2D eigenvalue weighted by Crippen LogP contribution is -2.25. The average Bonchev–Trinajstić information content (AvgIpc) is 2.44. The summed E-state index contributed by atoms with van der Waals surface area (Å²) in [7, 11) is 0. The van der Waals surface area contributed by atoms with Gasteiger partial charge in [0.25, 0.3) is 0 Å². The Morgan fingerprint density at radius 1 is 1.45 bits per heavy atom. The van der Waals surface area contributed by atoms with Gasteiger partial charge >= 0.3 is 5.97 Å². The van der Waals surface area contributed by atoms with E-state index < -0.39 is 5.97 Å². The second kappa shape index (κ2) is 5.37. The van der Waals surface area contributed by atoms with Crippen molar-refractivity contribution in [2.45, 2.75) is 25.7 Å². The van der Waals surface area contributed by atoms with E-state index in [0.29, 0.717) is 17.1 Å². The van der Waals surface area contributed by atoms with Crippen molar-refractivity contribution in [2.75, 3.05) is 0 Å². The maximum absolute atomic E-state index is 10.6. The number of phenolic OH excluding ortho intramolecular Hbond substituents is 1. The Balaban J connectivity index is 2.08. The molecule has 1 heterocycles. The predicted molar refractivity (Wildman–Crippen MR) is 83.8 cm³/mol. The third-order valence-corrected chi connectivity index (χ3v) is 4.30. The van der Waals surface area contributed by atoms with E-state index in [2.05, 4.69) is 19.6 Å². The standard InChI is InChI=1S/C18H18O4/c1-10-3-5-13-11(2)22-16-9-12(4-6-17(20)21)8-15(19)18(16)14(13)7-10/h4,6-9,13-14,19H,2-3,5H2,1H3,(H,20,21)/b6-4+/t13-,14?/m0/s1. The first kappa shape index (κ1) is 14.4. The molecule has 0 radical (unpaired) electrons. The van der Waals surface area contributed by atoms with E-state index in [1.807, 2.05) is 0 Å². The van der Waals surface area contributed by atoms with Gasteiger partial charge in [-0.25, -0.2) is 4.79 Å². The molecule has 3 rings (SSSR count). The number of allylic oxidation sites excluding steroid dienone is 3. The van der Waals surface area contributed by atoms with E-state index >= 15 is 0 Å². The van der Waals surface area contributed by atoms with Gasteiger partial charge in [-0.3, -0.25) is 0 Å². The highest BCUT2D eigenvalue weighted by Gasteiger charge is 2.36. The number of ether oxygens (including phenoxy) is 1. The summed E-state index contributed by atoms with van der Waals surface area (Å²) < 4.78 is 5.80. The van der Waals surface area contributed by atoms with E-state index in [-0.39, 0.29) is 17.6 Å². The molecule has 4 heteroatoms. The molecule has 1 aliphatic carbocycles. The normalized spacial score (nSPS) is 23.5.